The monoisotopic (exact) mass is 542 g/mol. The molecule has 3 rings (SSSR count). The molecule has 0 aliphatic carbocycles. The topological polar surface area (TPSA) is 59.9 Å². The summed E-state index contributed by atoms with van der Waals surface area (Å²) in [4.78, 5) is 6.70. The van der Waals surface area contributed by atoms with Crippen molar-refractivity contribution in [3.63, 3.8) is 0 Å². The van der Waals surface area contributed by atoms with E-state index >= 15 is 0 Å². The van der Waals surface area contributed by atoms with Gasteiger partial charge in [0.1, 0.15) is 0 Å². The Labute approximate surface area is 201 Å². The Morgan fingerprint density at radius 1 is 1.07 bits per heavy atom. The maximum Gasteiger partial charge on any atom is 0.191 e. The summed E-state index contributed by atoms with van der Waals surface area (Å²) in [5, 5.41) is 17.1. The highest BCUT2D eigenvalue weighted by atomic mass is 127. The van der Waals surface area contributed by atoms with Gasteiger partial charge in [-0.25, -0.2) is 0 Å². The van der Waals surface area contributed by atoms with Gasteiger partial charge in [-0.3, -0.25) is 9.89 Å². The zero-order chi connectivity index (χ0) is 20.5. The molecule has 1 heterocycles. The molecule has 0 amide bonds. The van der Waals surface area contributed by atoms with E-state index < -0.39 is 0 Å². The summed E-state index contributed by atoms with van der Waals surface area (Å²) in [7, 11) is 1.78. The maximum absolute atomic E-state index is 9.62. The van der Waals surface area contributed by atoms with Crippen LogP contribution in [0.15, 0.2) is 53.5 Å². The number of benzene rings is 2. The molecule has 0 unspecified atom stereocenters. The lowest BCUT2D eigenvalue weighted by atomic mass is 10.1. The van der Waals surface area contributed by atoms with Crippen molar-refractivity contribution in [2.24, 2.45) is 4.99 Å². The van der Waals surface area contributed by atoms with Crippen LogP contribution in [-0.2, 0) is 19.5 Å². The number of aliphatic imine (C=N–C) groups is 1. The van der Waals surface area contributed by atoms with Gasteiger partial charge in [-0.05, 0) is 42.0 Å². The van der Waals surface area contributed by atoms with E-state index in [1.54, 1.807) is 7.05 Å². The number of piperidine rings is 1. The second-order valence-corrected chi connectivity index (χ2v) is 7.92. The summed E-state index contributed by atoms with van der Waals surface area (Å²) >= 11 is 6.21. The van der Waals surface area contributed by atoms with E-state index in [2.05, 4.69) is 44.8 Å². The second kappa shape index (κ2) is 13.1. The predicted octanol–water partition coefficient (Wildman–Crippen LogP) is 3.82. The van der Waals surface area contributed by atoms with Gasteiger partial charge in [-0.15, -0.1) is 24.0 Å². The van der Waals surface area contributed by atoms with Crippen LogP contribution in [0.1, 0.15) is 29.5 Å². The average Bonchev–Trinajstić information content (AvgIpc) is 2.74. The molecule has 0 spiro atoms. The number of nitrogens with zero attached hydrogens (tertiary/aromatic N) is 2. The van der Waals surface area contributed by atoms with Crippen LogP contribution >= 0.6 is 35.6 Å². The van der Waals surface area contributed by atoms with Crippen molar-refractivity contribution >= 4 is 41.5 Å². The molecule has 164 valence electrons. The van der Waals surface area contributed by atoms with Crippen molar-refractivity contribution in [2.45, 2.75) is 38.5 Å². The van der Waals surface area contributed by atoms with Gasteiger partial charge in [0, 0.05) is 44.8 Å². The van der Waals surface area contributed by atoms with E-state index in [0.29, 0.717) is 0 Å². The number of hydrogen-bond acceptors (Lipinski definition) is 3. The molecule has 3 N–H and O–H groups in total. The summed E-state index contributed by atoms with van der Waals surface area (Å²) in [5.74, 6) is 0.785. The van der Waals surface area contributed by atoms with Crippen molar-refractivity contribution in [2.75, 3.05) is 26.7 Å². The molecule has 0 saturated carbocycles. The average molecular weight is 543 g/mol. The van der Waals surface area contributed by atoms with Gasteiger partial charge in [0.2, 0.25) is 0 Å². The van der Waals surface area contributed by atoms with E-state index in [0.717, 1.165) is 68.5 Å². The Hall–Kier alpha value is -1.35. The molecule has 2 aromatic rings. The first-order chi connectivity index (χ1) is 14.1. The third kappa shape index (κ3) is 8.06. The Kier molecular flexibility index (Phi) is 10.9. The zero-order valence-corrected chi connectivity index (χ0v) is 20.6. The van der Waals surface area contributed by atoms with Gasteiger partial charge in [0.05, 0.1) is 6.10 Å². The van der Waals surface area contributed by atoms with E-state index in [-0.39, 0.29) is 30.1 Å². The number of likely N-dealkylation sites (tertiary alicyclic amines) is 1. The normalized spacial score (nSPS) is 15.5. The number of nitrogens with one attached hydrogen (secondary N) is 2. The first-order valence-corrected chi connectivity index (χ1v) is 10.7. The van der Waals surface area contributed by atoms with Crippen LogP contribution < -0.4 is 10.6 Å². The molecule has 0 aromatic heterocycles. The van der Waals surface area contributed by atoms with Gasteiger partial charge in [-0.2, -0.15) is 0 Å². The molecule has 2 aromatic carbocycles. The quantitative estimate of drug-likeness (QED) is 0.283. The van der Waals surface area contributed by atoms with E-state index in [1.165, 1.54) is 11.1 Å². The molecule has 0 bridgehead atoms. The molecular formula is C23H32ClIN4O. The lowest BCUT2D eigenvalue weighted by Gasteiger charge is -2.29. The minimum atomic E-state index is -0.118. The number of halogens is 2. The minimum absolute atomic E-state index is 0. The standard InChI is InChI=1S/C23H31ClN4O.HI/c1-25-23(26-13-10-20-4-2-3-5-22(20)24)27-16-18-6-8-19(9-7-18)17-28-14-11-21(29)12-15-28;/h2-9,21,29H,10-17H2,1H3,(H2,25,26,27);1H. The summed E-state index contributed by atoms with van der Waals surface area (Å²) in [5.41, 5.74) is 3.67. The fourth-order valence-corrected chi connectivity index (χ4v) is 3.75. The molecule has 1 saturated heterocycles. The molecular weight excluding hydrogens is 511 g/mol. The Balaban J connectivity index is 0.00000320. The zero-order valence-electron chi connectivity index (χ0n) is 17.5. The number of aliphatic hydroxyl groups excluding tert-OH is 1. The van der Waals surface area contributed by atoms with Crippen LogP contribution in [0.25, 0.3) is 0 Å². The molecule has 7 heteroatoms. The van der Waals surface area contributed by atoms with Gasteiger partial charge in [-0.1, -0.05) is 54.1 Å². The summed E-state index contributed by atoms with van der Waals surface area (Å²) in [6, 6.07) is 16.6. The van der Waals surface area contributed by atoms with Crippen molar-refractivity contribution in [1.29, 1.82) is 0 Å². The number of aliphatic hydroxyl groups is 1. The third-order valence-corrected chi connectivity index (χ3v) is 5.68. The molecule has 0 atom stereocenters. The smallest absolute Gasteiger partial charge is 0.191 e. The minimum Gasteiger partial charge on any atom is -0.393 e. The molecule has 1 fully saturated rings. The van der Waals surface area contributed by atoms with E-state index in [4.69, 9.17) is 11.6 Å². The second-order valence-electron chi connectivity index (χ2n) is 7.52. The van der Waals surface area contributed by atoms with Gasteiger partial charge in [0.15, 0.2) is 5.96 Å². The first kappa shape index (κ1) is 24.9. The van der Waals surface area contributed by atoms with E-state index in [1.807, 2.05) is 24.3 Å². The molecule has 0 radical (unpaired) electrons. The van der Waals surface area contributed by atoms with Crippen LogP contribution in [0, 0.1) is 0 Å². The third-order valence-electron chi connectivity index (χ3n) is 5.31. The largest absolute Gasteiger partial charge is 0.393 e. The van der Waals surface area contributed by atoms with E-state index in [9.17, 15) is 5.11 Å². The Morgan fingerprint density at radius 3 is 2.40 bits per heavy atom. The molecule has 5 nitrogen and oxygen atoms in total. The Bertz CT molecular complexity index is 792. The van der Waals surface area contributed by atoms with Crippen LogP contribution in [0.5, 0.6) is 0 Å². The van der Waals surface area contributed by atoms with Crippen LogP contribution in [0.2, 0.25) is 5.02 Å². The number of rotatable bonds is 7. The fourth-order valence-electron chi connectivity index (χ4n) is 3.52. The van der Waals surface area contributed by atoms with Crippen molar-refractivity contribution in [3.8, 4) is 0 Å². The number of hydrogen-bond donors (Lipinski definition) is 3. The summed E-state index contributed by atoms with van der Waals surface area (Å²) < 4.78 is 0. The van der Waals surface area contributed by atoms with Crippen molar-refractivity contribution < 1.29 is 5.11 Å². The maximum atomic E-state index is 9.62. The van der Waals surface area contributed by atoms with Gasteiger partial charge in [0.25, 0.3) is 0 Å². The first-order valence-electron chi connectivity index (χ1n) is 10.3. The van der Waals surface area contributed by atoms with Crippen molar-refractivity contribution in [3.05, 3.63) is 70.2 Å². The number of guanidine groups is 1. The highest BCUT2D eigenvalue weighted by molar-refractivity contribution is 14.0. The van der Waals surface area contributed by atoms with Crippen LogP contribution in [0.4, 0.5) is 0 Å². The van der Waals surface area contributed by atoms with Crippen LogP contribution in [0.3, 0.4) is 0 Å². The SMILES string of the molecule is CN=C(NCCc1ccccc1Cl)NCc1ccc(CN2CCC(O)CC2)cc1.I. The van der Waals surface area contributed by atoms with Crippen molar-refractivity contribution in [1.82, 2.24) is 15.5 Å². The lowest BCUT2D eigenvalue weighted by Crippen LogP contribution is -2.37. The lowest BCUT2D eigenvalue weighted by molar-refractivity contribution is 0.0792. The molecule has 1 aliphatic heterocycles. The summed E-state index contributed by atoms with van der Waals surface area (Å²) in [6.07, 6.45) is 2.49. The van der Waals surface area contributed by atoms with Gasteiger partial charge < -0.3 is 15.7 Å². The Morgan fingerprint density at radius 2 is 1.73 bits per heavy atom. The highest BCUT2D eigenvalue weighted by Crippen LogP contribution is 2.15. The fraction of sp³-hybridized carbons (Fsp3) is 0.435. The highest BCUT2D eigenvalue weighted by Gasteiger charge is 2.16. The summed E-state index contributed by atoms with van der Waals surface area (Å²) in [6.45, 7) is 4.39. The van der Waals surface area contributed by atoms with Gasteiger partial charge >= 0.3 is 0 Å². The predicted molar refractivity (Wildman–Crippen MR) is 136 cm³/mol. The van der Waals surface area contributed by atoms with Crippen LogP contribution in [-0.4, -0.2) is 48.8 Å². The molecule has 1 aliphatic rings. The molecule has 30 heavy (non-hydrogen) atoms.